The molecule has 3 aromatic rings. The Hall–Kier alpha value is -2.83. The van der Waals surface area contributed by atoms with Crippen molar-refractivity contribution >= 4 is 11.6 Å². The number of nitrogens with zero attached hydrogens (tertiary/aromatic N) is 1. The Kier molecular flexibility index (Phi) is 3.07. The number of aromatic amines is 1. The second-order valence-corrected chi connectivity index (χ2v) is 5.89. The number of aromatic nitrogens is 1. The monoisotopic (exact) mass is 318 g/mol. The predicted octanol–water partition coefficient (Wildman–Crippen LogP) is 4.14. The lowest BCUT2D eigenvalue weighted by Gasteiger charge is -2.12. The highest BCUT2D eigenvalue weighted by Gasteiger charge is 2.26. The molecule has 0 saturated carbocycles. The van der Waals surface area contributed by atoms with Gasteiger partial charge in [0, 0.05) is 28.1 Å². The van der Waals surface area contributed by atoms with Gasteiger partial charge in [0.15, 0.2) is 0 Å². The molecule has 1 aliphatic rings. The Bertz CT molecular complexity index is 1040. The van der Waals surface area contributed by atoms with Crippen LogP contribution in [0.3, 0.4) is 0 Å². The van der Waals surface area contributed by atoms with E-state index in [1.165, 1.54) is 0 Å². The summed E-state index contributed by atoms with van der Waals surface area (Å²) >= 11 is 6.33. The van der Waals surface area contributed by atoms with Crippen LogP contribution in [0.2, 0.25) is 5.02 Å². The molecule has 2 aromatic carbocycles. The van der Waals surface area contributed by atoms with E-state index in [1.54, 1.807) is 6.07 Å². The number of benzene rings is 2. The molecule has 1 aromatic heterocycles. The third-order valence-electron chi connectivity index (χ3n) is 4.23. The van der Waals surface area contributed by atoms with Gasteiger partial charge in [0.25, 0.3) is 5.56 Å². The van der Waals surface area contributed by atoms with Gasteiger partial charge in [-0.3, -0.25) is 4.79 Å². The second-order valence-electron chi connectivity index (χ2n) is 5.48. The van der Waals surface area contributed by atoms with Crippen LogP contribution in [0.5, 0.6) is 0 Å². The van der Waals surface area contributed by atoms with E-state index >= 15 is 0 Å². The van der Waals surface area contributed by atoms with Crippen molar-refractivity contribution in [1.82, 2.24) is 4.98 Å². The van der Waals surface area contributed by atoms with Crippen LogP contribution in [0.4, 0.5) is 0 Å². The molecule has 0 radical (unpaired) electrons. The normalized spacial score (nSPS) is 11.7. The summed E-state index contributed by atoms with van der Waals surface area (Å²) < 4.78 is 0. The van der Waals surface area contributed by atoms with Gasteiger partial charge in [0.05, 0.1) is 5.69 Å². The Labute approximate surface area is 137 Å². The van der Waals surface area contributed by atoms with Gasteiger partial charge in [-0.2, -0.15) is 5.26 Å². The van der Waals surface area contributed by atoms with E-state index in [4.69, 9.17) is 11.6 Å². The summed E-state index contributed by atoms with van der Waals surface area (Å²) in [5, 5.41) is 10.0. The Morgan fingerprint density at radius 3 is 2.48 bits per heavy atom. The van der Waals surface area contributed by atoms with Gasteiger partial charge < -0.3 is 4.98 Å². The quantitative estimate of drug-likeness (QED) is 0.573. The summed E-state index contributed by atoms with van der Waals surface area (Å²) in [6, 6.07) is 17.3. The van der Waals surface area contributed by atoms with Crippen molar-refractivity contribution < 1.29 is 0 Å². The van der Waals surface area contributed by atoms with Crippen molar-refractivity contribution in [3.8, 4) is 28.5 Å². The highest BCUT2D eigenvalue weighted by molar-refractivity contribution is 6.33. The molecular formula is C19H11ClN2O. The number of halogens is 1. The van der Waals surface area contributed by atoms with Crippen molar-refractivity contribution in [3.63, 3.8) is 0 Å². The second kappa shape index (κ2) is 5.12. The first-order valence-electron chi connectivity index (χ1n) is 7.23. The number of nitrogens with one attached hydrogen (secondary N) is 1. The fourth-order valence-corrected chi connectivity index (χ4v) is 3.45. The lowest BCUT2D eigenvalue weighted by Crippen LogP contribution is -2.14. The van der Waals surface area contributed by atoms with Gasteiger partial charge >= 0.3 is 0 Å². The average molecular weight is 319 g/mol. The van der Waals surface area contributed by atoms with E-state index in [9.17, 15) is 10.1 Å². The minimum absolute atomic E-state index is 0.115. The molecule has 1 heterocycles. The Morgan fingerprint density at radius 1 is 1.04 bits per heavy atom. The molecule has 0 atom stereocenters. The number of hydrogen-bond donors (Lipinski definition) is 1. The number of nitriles is 1. The molecule has 3 nitrogen and oxygen atoms in total. The number of pyridine rings is 1. The molecule has 0 unspecified atom stereocenters. The highest BCUT2D eigenvalue weighted by atomic mass is 35.5. The largest absolute Gasteiger partial charge is 0.320 e. The van der Waals surface area contributed by atoms with Crippen LogP contribution < -0.4 is 5.56 Å². The number of hydrogen-bond acceptors (Lipinski definition) is 2. The topological polar surface area (TPSA) is 56.6 Å². The minimum Gasteiger partial charge on any atom is -0.320 e. The smallest absolute Gasteiger partial charge is 0.266 e. The number of H-pyrrole nitrogens is 1. The molecule has 0 amide bonds. The fourth-order valence-electron chi connectivity index (χ4n) is 3.22. The molecule has 4 heteroatoms. The fraction of sp³-hybridized carbons (Fsp3) is 0.0526. The lowest BCUT2D eigenvalue weighted by atomic mass is 9.94. The van der Waals surface area contributed by atoms with Crippen molar-refractivity contribution in [2.24, 2.45) is 0 Å². The zero-order valence-corrected chi connectivity index (χ0v) is 12.8. The molecule has 0 spiro atoms. The van der Waals surface area contributed by atoms with Gasteiger partial charge in [0.2, 0.25) is 0 Å². The highest BCUT2D eigenvalue weighted by Crippen LogP contribution is 2.42. The van der Waals surface area contributed by atoms with Crippen LogP contribution in [-0.4, -0.2) is 4.98 Å². The molecule has 0 saturated heterocycles. The van der Waals surface area contributed by atoms with E-state index in [-0.39, 0.29) is 11.1 Å². The van der Waals surface area contributed by atoms with Gasteiger partial charge in [-0.15, -0.1) is 0 Å². The van der Waals surface area contributed by atoms with E-state index in [0.29, 0.717) is 17.0 Å². The van der Waals surface area contributed by atoms with E-state index < -0.39 is 0 Å². The first kappa shape index (κ1) is 13.8. The maximum absolute atomic E-state index is 12.4. The van der Waals surface area contributed by atoms with Crippen molar-refractivity contribution in [1.29, 1.82) is 5.26 Å². The Balaban J connectivity index is 2.12. The molecular weight excluding hydrogens is 308 g/mol. The first-order valence-corrected chi connectivity index (χ1v) is 7.61. The summed E-state index contributed by atoms with van der Waals surface area (Å²) in [6.45, 7) is 0. The standard InChI is InChI=1S/C19H11ClN2O/c20-16-8-4-3-7-13(16)17-14-9-11-5-1-2-6-12(11)18(14)22-19(23)15(17)10-21/h1-8H,9H2,(H,22,23). The molecule has 4 rings (SSSR count). The zero-order chi connectivity index (χ0) is 16.0. The van der Waals surface area contributed by atoms with Gasteiger partial charge in [0.1, 0.15) is 11.6 Å². The van der Waals surface area contributed by atoms with Crippen LogP contribution in [0.1, 0.15) is 16.7 Å². The maximum atomic E-state index is 12.4. The van der Waals surface area contributed by atoms with Crippen molar-refractivity contribution in [2.75, 3.05) is 0 Å². The summed E-state index contributed by atoms with van der Waals surface area (Å²) in [5.41, 5.74) is 5.00. The van der Waals surface area contributed by atoms with Gasteiger partial charge in [-0.05, 0) is 17.2 Å². The summed E-state index contributed by atoms with van der Waals surface area (Å²) in [4.78, 5) is 15.3. The zero-order valence-electron chi connectivity index (χ0n) is 12.1. The molecule has 23 heavy (non-hydrogen) atoms. The third kappa shape index (κ3) is 2.00. The SMILES string of the molecule is N#Cc1c(-c2ccccc2Cl)c2c([nH]c1=O)-c1ccccc1C2. The molecule has 110 valence electrons. The van der Waals surface area contributed by atoms with Crippen molar-refractivity contribution in [2.45, 2.75) is 6.42 Å². The van der Waals surface area contributed by atoms with Gasteiger partial charge in [-0.25, -0.2) is 0 Å². The molecule has 1 aliphatic carbocycles. The van der Waals surface area contributed by atoms with Crippen LogP contribution >= 0.6 is 11.6 Å². The van der Waals surface area contributed by atoms with Crippen LogP contribution in [-0.2, 0) is 6.42 Å². The number of rotatable bonds is 1. The minimum atomic E-state index is -0.377. The summed E-state index contributed by atoms with van der Waals surface area (Å²) in [6.07, 6.45) is 0.678. The maximum Gasteiger partial charge on any atom is 0.266 e. The molecule has 0 fully saturated rings. The summed E-state index contributed by atoms with van der Waals surface area (Å²) in [7, 11) is 0. The first-order chi connectivity index (χ1) is 11.2. The number of fused-ring (bicyclic) bond motifs is 3. The molecule has 0 bridgehead atoms. The van der Waals surface area contributed by atoms with Crippen LogP contribution in [0.15, 0.2) is 53.3 Å². The average Bonchev–Trinajstić information content (AvgIpc) is 2.93. The molecule has 0 aliphatic heterocycles. The van der Waals surface area contributed by atoms with E-state index in [1.807, 2.05) is 48.5 Å². The van der Waals surface area contributed by atoms with Crippen molar-refractivity contribution in [3.05, 3.63) is 80.6 Å². The van der Waals surface area contributed by atoms with E-state index in [0.717, 1.165) is 27.9 Å². The third-order valence-corrected chi connectivity index (χ3v) is 4.56. The Morgan fingerprint density at radius 2 is 1.74 bits per heavy atom. The molecule has 1 N–H and O–H groups in total. The van der Waals surface area contributed by atoms with Crippen LogP contribution in [0.25, 0.3) is 22.4 Å². The predicted molar refractivity (Wildman–Crippen MR) is 90.5 cm³/mol. The summed E-state index contributed by atoms with van der Waals surface area (Å²) in [5.74, 6) is 0. The van der Waals surface area contributed by atoms with E-state index in [2.05, 4.69) is 4.98 Å². The van der Waals surface area contributed by atoms with Crippen LogP contribution in [0, 0.1) is 11.3 Å². The van der Waals surface area contributed by atoms with Gasteiger partial charge in [-0.1, -0.05) is 54.1 Å². The lowest BCUT2D eigenvalue weighted by molar-refractivity contribution is 1.17.